The first-order chi connectivity index (χ1) is 10.1. The van der Waals surface area contributed by atoms with E-state index in [1.54, 1.807) is 35.6 Å². The molecule has 0 bridgehead atoms. The zero-order valence-electron chi connectivity index (χ0n) is 12.1. The van der Waals surface area contributed by atoms with Crippen LogP contribution in [-0.2, 0) is 0 Å². The van der Waals surface area contributed by atoms with E-state index in [-0.39, 0.29) is 11.9 Å². The topological polar surface area (TPSA) is 57.3 Å². The Morgan fingerprint density at radius 3 is 2.57 bits per heavy atom. The fourth-order valence-electron chi connectivity index (χ4n) is 2.07. The molecule has 2 aromatic rings. The maximum absolute atomic E-state index is 12.1. The Balaban J connectivity index is 2.00. The molecular weight excluding hydrogens is 282 g/mol. The van der Waals surface area contributed by atoms with Crippen LogP contribution in [0.25, 0.3) is 0 Å². The molecule has 0 fully saturated rings. The van der Waals surface area contributed by atoms with Crippen molar-refractivity contribution in [1.82, 2.24) is 5.32 Å². The van der Waals surface area contributed by atoms with Gasteiger partial charge in [-0.3, -0.25) is 4.79 Å². The molecule has 21 heavy (non-hydrogen) atoms. The zero-order chi connectivity index (χ0) is 15.2. The molecule has 2 N–H and O–H groups in total. The summed E-state index contributed by atoms with van der Waals surface area (Å²) in [5.41, 5.74) is 1.13. The number of nitrogens with one attached hydrogen (secondary N) is 2. The van der Waals surface area contributed by atoms with Crippen LogP contribution in [0.1, 0.15) is 26.8 Å². The van der Waals surface area contributed by atoms with Gasteiger partial charge < -0.3 is 10.2 Å². The number of carbonyl (C=O) groups excluding carboxylic acids is 1. The molecule has 5 heteroatoms. The van der Waals surface area contributed by atoms with Gasteiger partial charge >= 0.3 is 0 Å². The largest absolute Gasteiger partial charge is 0.346 e. The lowest BCUT2D eigenvalue weighted by Gasteiger charge is -2.20. The molecule has 0 aliphatic heterocycles. The molecule has 0 radical (unpaired) electrons. The van der Waals surface area contributed by atoms with E-state index in [2.05, 4.69) is 25.5 Å². The Morgan fingerprint density at radius 1 is 1.33 bits per heavy atom. The second-order valence-corrected chi connectivity index (χ2v) is 6.02. The molecular formula is C16H18N3OS+. The Kier molecular flexibility index (Phi) is 5.09. The highest BCUT2D eigenvalue weighted by atomic mass is 32.1. The van der Waals surface area contributed by atoms with Gasteiger partial charge in [-0.15, -0.1) is 11.3 Å². The number of quaternary nitrogens is 1. The van der Waals surface area contributed by atoms with Gasteiger partial charge in [-0.1, -0.05) is 6.07 Å². The Bertz CT molecular complexity index is 627. The average molecular weight is 300 g/mol. The smallest absolute Gasteiger partial charge is 0.251 e. The second-order valence-electron chi connectivity index (χ2n) is 5.04. The Hall–Kier alpha value is -2.16. The van der Waals surface area contributed by atoms with Crippen molar-refractivity contribution in [3.05, 3.63) is 57.8 Å². The fourth-order valence-corrected chi connectivity index (χ4v) is 3.03. The number of hydrogen-bond donors (Lipinski definition) is 2. The molecule has 4 nitrogen and oxygen atoms in total. The summed E-state index contributed by atoms with van der Waals surface area (Å²) in [7, 11) is 4.16. The van der Waals surface area contributed by atoms with Crippen LogP contribution in [0.4, 0.5) is 0 Å². The van der Waals surface area contributed by atoms with Gasteiger partial charge in [0.25, 0.3) is 5.91 Å². The fraction of sp³-hybridized carbons (Fsp3) is 0.250. The van der Waals surface area contributed by atoms with Gasteiger partial charge in [-0.25, -0.2) is 0 Å². The van der Waals surface area contributed by atoms with Crippen LogP contribution >= 0.6 is 11.3 Å². The lowest BCUT2D eigenvalue weighted by molar-refractivity contribution is -0.890. The third-order valence-corrected chi connectivity index (χ3v) is 4.31. The molecule has 1 heterocycles. The minimum atomic E-state index is -0.109. The number of benzene rings is 1. The van der Waals surface area contributed by atoms with Crippen molar-refractivity contribution in [3.8, 4) is 6.07 Å². The van der Waals surface area contributed by atoms with E-state index in [0.29, 0.717) is 17.7 Å². The summed E-state index contributed by atoms with van der Waals surface area (Å²) in [4.78, 5) is 14.7. The van der Waals surface area contributed by atoms with Gasteiger partial charge in [0, 0.05) is 5.56 Å². The number of thiophene rings is 1. The summed E-state index contributed by atoms with van der Waals surface area (Å²) >= 11 is 1.70. The van der Waals surface area contributed by atoms with Crippen molar-refractivity contribution in [3.63, 3.8) is 0 Å². The molecule has 1 aromatic carbocycles. The summed E-state index contributed by atoms with van der Waals surface area (Å²) in [5, 5.41) is 13.8. The number of carbonyl (C=O) groups is 1. The average Bonchev–Trinajstić information content (AvgIpc) is 3.01. The first-order valence-corrected chi connectivity index (χ1v) is 7.61. The van der Waals surface area contributed by atoms with Crippen molar-refractivity contribution in [2.75, 3.05) is 20.6 Å². The van der Waals surface area contributed by atoms with Crippen LogP contribution in [0, 0.1) is 11.3 Å². The van der Waals surface area contributed by atoms with Crippen LogP contribution in [0.15, 0.2) is 41.8 Å². The van der Waals surface area contributed by atoms with Crippen molar-refractivity contribution in [2.24, 2.45) is 0 Å². The molecule has 0 unspecified atom stereocenters. The summed E-state index contributed by atoms with van der Waals surface area (Å²) < 4.78 is 0. The summed E-state index contributed by atoms with van der Waals surface area (Å²) in [6.07, 6.45) is 0. The number of amides is 1. The van der Waals surface area contributed by atoms with Crippen molar-refractivity contribution >= 4 is 17.2 Å². The van der Waals surface area contributed by atoms with Crippen LogP contribution in [0.2, 0.25) is 0 Å². The van der Waals surface area contributed by atoms with Crippen LogP contribution in [0.5, 0.6) is 0 Å². The molecule has 2 rings (SSSR count). The lowest BCUT2D eigenvalue weighted by atomic mass is 10.1. The number of nitriles is 1. The first kappa shape index (κ1) is 15.2. The Labute approximate surface area is 128 Å². The van der Waals surface area contributed by atoms with Crippen LogP contribution < -0.4 is 10.2 Å². The molecule has 0 aliphatic carbocycles. The van der Waals surface area contributed by atoms with Gasteiger partial charge in [0.15, 0.2) is 0 Å². The molecule has 108 valence electrons. The highest BCUT2D eigenvalue weighted by Gasteiger charge is 2.19. The molecule has 0 aliphatic rings. The summed E-state index contributed by atoms with van der Waals surface area (Å²) in [6, 6.07) is 13.1. The monoisotopic (exact) mass is 300 g/mol. The summed E-state index contributed by atoms with van der Waals surface area (Å²) in [6.45, 7) is 0.585. The highest BCUT2D eigenvalue weighted by molar-refractivity contribution is 7.10. The van der Waals surface area contributed by atoms with Gasteiger partial charge in [-0.05, 0) is 35.7 Å². The summed E-state index contributed by atoms with van der Waals surface area (Å²) in [5.74, 6) is -0.109. The van der Waals surface area contributed by atoms with Gasteiger partial charge in [0.1, 0.15) is 6.04 Å². The number of hydrogen-bond acceptors (Lipinski definition) is 3. The Morgan fingerprint density at radius 2 is 2.05 bits per heavy atom. The maximum Gasteiger partial charge on any atom is 0.251 e. The van der Waals surface area contributed by atoms with Crippen LogP contribution in [0.3, 0.4) is 0 Å². The zero-order valence-corrected chi connectivity index (χ0v) is 12.9. The van der Waals surface area contributed by atoms with Gasteiger partial charge in [0.05, 0.1) is 37.1 Å². The minimum absolute atomic E-state index is 0.109. The SMILES string of the molecule is C[NH+](C)[C@H](CNC(=O)c1ccc(C#N)cc1)c1cccs1. The number of likely N-dealkylation sites (N-methyl/N-ethyl adjacent to an activating group) is 1. The number of rotatable bonds is 5. The standard InChI is InChI=1S/C16H17N3OS/c1-19(2)14(15-4-3-9-21-15)11-18-16(20)13-7-5-12(10-17)6-8-13/h3-9,14H,11H2,1-2H3,(H,18,20)/p+1/t14-/m1/s1. The minimum Gasteiger partial charge on any atom is -0.346 e. The molecule has 1 atom stereocenters. The van der Waals surface area contributed by atoms with Crippen molar-refractivity contribution in [1.29, 1.82) is 5.26 Å². The number of nitrogens with zero attached hydrogens (tertiary/aromatic N) is 1. The third-order valence-electron chi connectivity index (χ3n) is 3.33. The molecule has 0 saturated carbocycles. The van der Waals surface area contributed by atoms with E-state index in [1.807, 2.05) is 17.5 Å². The van der Waals surface area contributed by atoms with E-state index in [0.717, 1.165) is 0 Å². The van der Waals surface area contributed by atoms with E-state index in [4.69, 9.17) is 5.26 Å². The molecule has 1 amide bonds. The second kappa shape index (κ2) is 7.02. The quantitative estimate of drug-likeness (QED) is 0.873. The molecule has 0 saturated heterocycles. The van der Waals surface area contributed by atoms with Gasteiger partial charge in [0.2, 0.25) is 0 Å². The van der Waals surface area contributed by atoms with Gasteiger partial charge in [-0.2, -0.15) is 5.26 Å². The maximum atomic E-state index is 12.1. The van der Waals surface area contributed by atoms with E-state index < -0.39 is 0 Å². The van der Waals surface area contributed by atoms with E-state index in [9.17, 15) is 4.79 Å². The van der Waals surface area contributed by atoms with E-state index >= 15 is 0 Å². The van der Waals surface area contributed by atoms with Crippen LogP contribution in [-0.4, -0.2) is 26.5 Å². The molecule has 0 spiro atoms. The molecule has 1 aromatic heterocycles. The normalized spacial score (nSPS) is 11.9. The predicted molar refractivity (Wildman–Crippen MR) is 83.4 cm³/mol. The van der Waals surface area contributed by atoms with Crippen molar-refractivity contribution in [2.45, 2.75) is 6.04 Å². The van der Waals surface area contributed by atoms with Crippen molar-refractivity contribution < 1.29 is 9.69 Å². The lowest BCUT2D eigenvalue weighted by Crippen LogP contribution is -3.06. The third kappa shape index (κ3) is 3.91. The highest BCUT2D eigenvalue weighted by Crippen LogP contribution is 2.15. The van der Waals surface area contributed by atoms with E-state index in [1.165, 1.54) is 9.78 Å². The first-order valence-electron chi connectivity index (χ1n) is 6.73. The predicted octanol–water partition coefficient (Wildman–Crippen LogP) is 1.24.